The highest BCUT2D eigenvalue weighted by Crippen LogP contribution is 2.19. The standard InChI is InChI=1S/C21H23N3O2S/c1-15-16(2)22-21(23-17(15)3)27-14-20(25)24(13-19-10-7-11-26-19)12-18-8-5-4-6-9-18/h4-11H,12-14H2,1-3H3. The van der Waals surface area contributed by atoms with Gasteiger partial charge in [0.2, 0.25) is 5.91 Å². The molecule has 0 saturated carbocycles. The number of hydrogen-bond donors (Lipinski definition) is 0. The van der Waals surface area contributed by atoms with Crippen LogP contribution in [0.25, 0.3) is 0 Å². The molecule has 6 heteroatoms. The molecule has 0 N–H and O–H groups in total. The molecule has 1 aromatic carbocycles. The first-order valence-electron chi connectivity index (χ1n) is 8.81. The lowest BCUT2D eigenvalue weighted by molar-refractivity contribution is -0.129. The number of furan rings is 1. The second-order valence-electron chi connectivity index (χ2n) is 6.41. The summed E-state index contributed by atoms with van der Waals surface area (Å²) >= 11 is 1.37. The van der Waals surface area contributed by atoms with E-state index in [0.717, 1.165) is 28.3 Å². The van der Waals surface area contributed by atoms with Crippen LogP contribution < -0.4 is 0 Å². The maximum atomic E-state index is 12.9. The Hall–Kier alpha value is -2.60. The van der Waals surface area contributed by atoms with Gasteiger partial charge in [-0.2, -0.15) is 0 Å². The van der Waals surface area contributed by atoms with Crippen molar-refractivity contribution in [2.24, 2.45) is 0 Å². The Labute approximate surface area is 163 Å². The summed E-state index contributed by atoms with van der Waals surface area (Å²) in [5.41, 5.74) is 4.08. The number of hydrogen-bond acceptors (Lipinski definition) is 5. The highest BCUT2D eigenvalue weighted by atomic mass is 32.2. The van der Waals surface area contributed by atoms with Crippen molar-refractivity contribution >= 4 is 17.7 Å². The minimum atomic E-state index is 0.0275. The molecule has 0 aliphatic rings. The zero-order valence-corrected chi connectivity index (χ0v) is 16.6. The SMILES string of the molecule is Cc1nc(SCC(=O)N(Cc2ccccc2)Cc2ccco2)nc(C)c1C. The number of aryl methyl sites for hydroxylation is 2. The zero-order chi connectivity index (χ0) is 19.2. The Morgan fingerprint density at radius 2 is 1.70 bits per heavy atom. The van der Waals surface area contributed by atoms with Crippen LogP contribution in [0.2, 0.25) is 0 Å². The predicted octanol–water partition coefficient (Wildman–Crippen LogP) is 4.32. The molecule has 0 atom stereocenters. The highest BCUT2D eigenvalue weighted by Gasteiger charge is 2.17. The smallest absolute Gasteiger partial charge is 0.233 e. The van der Waals surface area contributed by atoms with E-state index in [1.807, 2.05) is 63.2 Å². The van der Waals surface area contributed by atoms with Gasteiger partial charge in [-0.15, -0.1) is 0 Å². The summed E-state index contributed by atoms with van der Waals surface area (Å²) in [5, 5.41) is 0.640. The summed E-state index contributed by atoms with van der Waals surface area (Å²) in [7, 11) is 0. The van der Waals surface area contributed by atoms with E-state index in [1.165, 1.54) is 11.8 Å². The van der Waals surface area contributed by atoms with Crippen molar-refractivity contribution in [2.75, 3.05) is 5.75 Å². The minimum Gasteiger partial charge on any atom is -0.467 e. The van der Waals surface area contributed by atoms with Crippen molar-refractivity contribution in [3.63, 3.8) is 0 Å². The second kappa shape index (κ2) is 8.86. The van der Waals surface area contributed by atoms with E-state index in [2.05, 4.69) is 9.97 Å². The Balaban J connectivity index is 1.70. The van der Waals surface area contributed by atoms with E-state index < -0.39 is 0 Å². The average Bonchev–Trinajstić information content (AvgIpc) is 3.17. The van der Waals surface area contributed by atoms with Gasteiger partial charge in [0.1, 0.15) is 5.76 Å². The molecule has 0 bridgehead atoms. The Kier molecular flexibility index (Phi) is 6.29. The molecule has 0 unspecified atom stereocenters. The van der Waals surface area contributed by atoms with Crippen LogP contribution in [0.1, 0.15) is 28.3 Å². The molecule has 0 aliphatic carbocycles. The van der Waals surface area contributed by atoms with Crippen LogP contribution in [0.5, 0.6) is 0 Å². The molecule has 2 heterocycles. The summed E-state index contributed by atoms with van der Waals surface area (Å²) < 4.78 is 5.43. The normalized spacial score (nSPS) is 10.8. The van der Waals surface area contributed by atoms with Crippen LogP contribution in [0.4, 0.5) is 0 Å². The van der Waals surface area contributed by atoms with E-state index in [4.69, 9.17) is 4.42 Å². The summed E-state index contributed by atoms with van der Waals surface area (Å²) in [6.07, 6.45) is 1.63. The van der Waals surface area contributed by atoms with Crippen LogP contribution in [-0.4, -0.2) is 26.5 Å². The van der Waals surface area contributed by atoms with Gasteiger partial charge in [-0.05, 0) is 44.0 Å². The Morgan fingerprint density at radius 1 is 1.00 bits per heavy atom. The molecule has 0 radical (unpaired) electrons. The van der Waals surface area contributed by atoms with E-state index in [9.17, 15) is 4.79 Å². The number of amides is 1. The predicted molar refractivity (Wildman–Crippen MR) is 106 cm³/mol. The third-order valence-electron chi connectivity index (χ3n) is 4.43. The fourth-order valence-electron chi connectivity index (χ4n) is 2.65. The molecule has 0 aliphatic heterocycles. The first kappa shape index (κ1) is 19.2. The number of thioether (sulfide) groups is 1. The summed E-state index contributed by atoms with van der Waals surface area (Å²) in [6, 6.07) is 13.7. The second-order valence-corrected chi connectivity index (χ2v) is 7.35. The Bertz CT molecular complexity index is 872. The topological polar surface area (TPSA) is 59.2 Å². The van der Waals surface area contributed by atoms with Crippen molar-refractivity contribution in [1.29, 1.82) is 0 Å². The van der Waals surface area contributed by atoms with Crippen molar-refractivity contribution in [3.8, 4) is 0 Å². The monoisotopic (exact) mass is 381 g/mol. The molecular weight excluding hydrogens is 358 g/mol. The number of carbonyl (C=O) groups is 1. The van der Waals surface area contributed by atoms with Crippen LogP contribution in [0, 0.1) is 20.8 Å². The van der Waals surface area contributed by atoms with Gasteiger partial charge in [0, 0.05) is 17.9 Å². The van der Waals surface area contributed by atoms with E-state index in [-0.39, 0.29) is 11.7 Å². The molecule has 140 valence electrons. The van der Waals surface area contributed by atoms with E-state index in [0.29, 0.717) is 18.2 Å². The average molecular weight is 382 g/mol. The largest absolute Gasteiger partial charge is 0.467 e. The Morgan fingerprint density at radius 3 is 2.33 bits per heavy atom. The minimum absolute atomic E-state index is 0.0275. The van der Waals surface area contributed by atoms with Crippen molar-refractivity contribution in [1.82, 2.24) is 14.9 Å². The number of carbonyl (C=O) groups excluding carboxylic acids is 1. The molecule has 0 fully saturated rings. The van der Waals surface area contributed by atoms with Crippen LogP contribution in [0.15, 0.2) is 58.3 Å². The van der Waals surface area contributed by atoms with Crippen LogP contribution >= 0.6 is 11.8 Å². The summed E-state index contributed by atoms with van der Waals surface area (Å²) in [5.74, 6) is 1.08. The number of aromatic nitrogens is 2. The van der Waals surface area contributed by atoms with E-state index >= 15 is 0 Å². The lowest BCUT2D eigenvalue weighted by atomic mass is 10.2. The number of nitrogens with zero attached hydrogens (tertiary/aromatic N) is 3. The van der Waals surface area contributed by atoms with Gasteiger partial charge < -0.3 is 9.32 Å². The first-order valence-corrected chi connectivity index (χ1v) is 9.80. The molecule has 0 saturated heterocycles. The fourth-order valence-corrected chi connectivity index (χ4v) is 3.49. The lowest BCUT2D eigenvalue weighted by Crippen LogP contribution is -2.31. The highest BCUT2D eigenvalue weighted by molar-refractivity contribution is 7.99. The maximum Gasteiger partial charge on any atom is 0.233 e. The van der Waals surface area contributed by atoms with Gasteiger partial charge in [0.05, 0.1) is 18.6 Å². The van der Waals surface area contributed by atoms with Gasteiger partial charge in [0.15, 0.2) is 5.16 Å². The molecule has 2 aromatic heterocycles. The molecule has 1 amide bonds. The molecule has 3 aromatic rings. The fraction of sp³-hybridized carbons (Fsp3) is 0.286. The number of benzene rings is 1. The summed E-state index contributed by atoms with van der Waals surface area (Å²) in [4.78, 5) is 23.7. The van der Waals surface area contributed by atoms with Crippen molar-refractivity contribution in [3.05, 3.63) is 77.0 Å². The van der Waals surface area contributed by atoms with Gasteiger partial charge in [-0.3, -0.25) is 4.79 Å². The van der Waals surface area contributed by atoms with Crippen molar-refractivity contribution in [2.45, 2.75) is 39.0 Å². The molecule has 27 heavy (non-hydrogen) atoms. The quantitative estimate of drug-likeness (QED) is 0.451. The van der Waals surface area contributed by atoms with Gasteiger partial charge in [-0.1, -0.05) is 42.1 Å². The van der Waals surface area contributed by atoms with Crippen molar-refractivity contribution < 1.29 is 9.21 Å². The van der Waals surface area contributed by atoms with Gasteiger partial charge >= 0.3 is 0 Å². The third kappa shape index (κ3) is 5.20. The summed E-state index contributed by atoms with van der Waals surface area (Å²) in [6.45, 7) is 6.92. The van der Waals surface area contributed by atoms with Gasteiger partial charge in [0.25, 0.3) is 0 Å². The van der Waals surface area contributed by atoms with E-state index in [1.54, 1.807) is 11.2 Å². The third-order valence-corrected chi connectivity index (χ3v) is 5.26. The number of rotatable bonds is 7. The van der Waals surface area contributed by atoms with Crippen LogP contribution in [-0.2, 0) is 17.9 Å². The maximum absolute atomic E-state index is 12.9. The molecular formula is C21H23N3O2S. The lowest BCUT2D eigenvalue weighted by Gasteiger charge is -2.21. The molecule has 5 nitrogen and oxygen atoms in total. The molecule has 0 spiro atoms. The van der Waals surface area contributed by atoms with Crippen LogP contribution in [0.3, 0.4) is 0 Å². The molecule has 3 rings (SSSR count). The first-order chi connectivity index (χ1) is 13.0. The zero-order valence-electron chi connectivity index (χ0n) is 15.8. The van der Waals surface area contributed by atoms with Gasteiger partial charge in [-0.25, -0.2) is 9.97 Å².